The van der Waals surface area contributed by atoms with E-state index in [9.17, 15) is 9.59 Å². The molecule has 0 aliphatic rings. The third kappa shape index (κ3) is 4.46. The second kappa shape index (κ2) is 8.52. The predicted octanol–water partition coefficient (Wildman–Crippen LogP) is 2.89. The monoisotopic (exact) mass is 377 g/mol. The van der Waals surface area contributed by atoms with Gasteiger partial charge < -0.3 is 9.64 Å². The SMILES string of the molecule is COc1ccc(C)cc1CN(C)C(=O)Cn1nc(-c2ccccc2)ccc1=O. The Morgan fingerprint density at radius 3 is 2.57 bits per heavy atom. The molecule has 0 spiro atoms. The number of benzene rings is 2. The van der Waals surface area contributed by atoms with Crippen LogP contribution in [0.1, 0.15) is 11.1 Å². The second-order valence-corrected chi connectivity index (χ2v) is 6.65. The van der Waals surface area contributed by atoms with Gasteiger partial charge in [-0.2, -0.15) is 5.10 Å². The normalized spacial score (nSPS) is 10.5. The lowest BCUT2D eigenvalue weighted by atomic mass is 10.1. The largest absolute Gasteiger partial charge is 0.496 e. The molecule has 0 atom stereocenters. The molecule has 1 aromatic heterocycles. The molecule has 144 valence electrons. The average molecular weight is 377 g/mol. The van der Waals surface area contributed by atoms with Crippen LogP contribution >= 0.6 is 0 Å². The first-order chi connectivity index (χ1) is 13.5. The molecule has 1 amide bonds. The summed E-state index contributed by atoms with van der Waals surface area (Å²) in [5.41, 5.74) is 3.23. The van der Waals surface area contributed by atoms with Crippen molar-refractivity contribution in [2.24, 2.45) is 0 Å². The summed E-state index contributed by atoms with van der Waals surface area (Å²) in [6.45, 7) is 2.25. The molecule has 0 saturated carbocycles. The van der Waals surface area contributed by atoms with E-state index in [0.29, 0.717) is 12.2 Å². The third-order valence-corrected chi connectivity index (χ3v) is 4.49. The Morgan fingerprint density at radius 1 is 1.11 bits per heavy atom. The van der Waals surface area contributed by atoms with Gasteiger partial charge in [-0.25, -0.2) is 4.68 Å². The molecule has 0 radical (unpaired) electrons. The number of ether oxygens (including phenoxy) is 1. The van der Waals surface area contributed by atoms with E-state index in [4.69, 9.17) is 4.74 Å². The first-order valence-corrected chi connectivity index (χ1v) is 8.99. The van der Waals surface area contributed by atoms with Crippen molar-refractivity contribution in [2.45, 2.75) is 20.0 Å². The Kier molecular flexibility index (Phi) is 5.89. The molecule has 3 rings (SSSR count). The molecule has 0 aliphatic carbocycles. The highest BCUT2D eigenvalue weighted by Crippen LogP contribution is 2.21. The molecule has 0 saturated heterocycles. The summed E-state index contributed by atoms with van der Waals surface area (Å²) in [5, 5.41) is 4.35. The fourth-order valence-corrected chi connectivity index (χ4v) is 2.95. The zero-order valence-electron chi connectivity index (χ0n) is 16.3. The van der Waals surface area contributed by atoms with Gasteiger partial charge in [0.25, 0.3) is 5.56 Å². The first kappa shape index (κ1) is 19.4. The Bertz CT molecular complexity index is 1030. The van der Waals surface area contributed by atoms with Crippen LogP contribution in [0.15, 0.2) is 65.5 Å². The van der Waals surface area contributed by atoms with Gasteiger partial charge in [-0.15, -0.1) is 0 Å². The molecule has 0 fully saturated rings. The Balaban J connectivity index is 1.77. The molecule has 28 heavy (non-hydrogen) atoms. The van der Waals surface area contributed by atoms with E-state index in [-0.39, 0.29) is 18.0 Å². The molecule has 0 N–H and O–H groups in total. The molecule has 1 heterocycles. The van der Waals surface area contributed by atoms with Crippen molar-refractivity contribution in [1.82, 2.24) is 14.7 Å². The van der Waals surface area contributed by atoms with Gasteiger partial charge in [0.2, 0.25) is 5.91 Å². The summed E-state index contributed by atoms with van der Waals surface area (Å²) in [6.07, 6.45) is 0. The number of aryl methyl sites for hydroxylation is 1. The summed E-state index contributed by atoms with van der Waals surface area (Å²) < 4.78 is 6.58. The maximum absolute atomic E-state index is 12.7. The first-order valence-electron chi connectivity index (χ1n) is 8.99. The fraction of sp³-hybridized carbons (Fsp3) is 0.227. The number of likely N-dealkylation sites (N-methyl/N-ethyl adjacent to an activating group) is 1. The number of hydrogen-bond acceptors (Lipinski definition) is 4. The van der Waals surface area contributed by atoms with Crippen LogP contribution in [-0.2, 0) is 17.9 Å². The number of methoxy groups -OCH3 is 1. The van der Waals surface area contributed by atoms with E-state index in [1.54, 1.807) is 25.1 Å². The summed E-state index contributed by atoms with van der Waals surface area (Å²) in [6, 6.07) is 18.5. The van der Waals surface area contributed by atoms with Crippen LogP contribution < -0.4 is 10.3 Å². The smallest absolute Gasteiger partial charge is 0.267 e. The molecule has 6 nitrogen and oxygen atoms in total. The lowest BCUT2D eigenvalue weighted by Crippen LogP contribution is -2.34. The quantitative estimate of drug-likeness (QED) is 0.663. The van der Waals surface area contributed by atoms with Crippen LogP contribution in [-0.4, -0.2) is 34.7 Å². The summed E-state index contributed by atoms with van der Waals surface area (Å²) in [5.74, 6) is 0.523. The van der Waals surface area contributed by atoms with Crippen molar-refractivity contribution < 1.29 is 9.53 Å². The third-order valence-electron chi connectivity index (χ3n) is 4.49. The Labute approximate surface area is 164 Å². The number of carbonyl (C=O) groups is 1. The molecule has 0 unspecified atom stereocenters. The highest BCUT2D eigenvalue weighted by atomic mass is 16.5. The van der Waals surface area contributed by atoms with Gasteiger partial charge >= 0.3 is 0 Å². The van der Waals surface area contributed by atoms with E-state index in [2.05, 4.69) is 5.10 Å². The van der Waals surface area contributed by atoms with Gasteiger partial charge in [-0.3, -0.25) is 9.59 Å². The maximum atomic E-state index is 12.7. The second-order valence-electron chi connectivity index (χ2n) is 6.65. The minimum Gasteiger partial charge on any atom is -0.496 e. The molecule has 2 aromatic carbocycles. The van der Waals surface area contributed by atoms with Crippen molar-refractivity contribution >= 4 is 5.91 Å². The molecule has 6 heteroatoms. The van der Waals surface area contributed by atoms with Gasteiger partial charge in [0.15, 0.2) is 0 Å². The van der Waals surface area contributed by atoms with Gasteiger partial charge in [-0.05, 0) is 19.1 Å². The van der Waals surface area contributed by atoms with E-state index in [0.717, 1.165) is 22.4 Å². The number of rotatable bonds is 6. The molecular weight excluding hydrogens is 354 g/mol. The number of carbonyl (C=O) groups excluding carboxylic acids is 1. The molecular formula is C22H23N3O3. The van der Waals surface area contributed by atoms with Gasteiger partial charge in [0.1, 0.15) is 12.3 Å². The number of nitrogens with zero attached hydrogens (tertiary/aromatic N) is 3. The van der Waals surface area contributed by atoms with Crippen LogP contribution in [0.4, 0.5) is 0 Å². The Hall–Kier alpha value is -3.41. The Morgan fingerprint density at radius 2 is 1.86 bits per heavy atom. The van der Waals surface area contributed by atoms with E-state index in [1.807, 2.05) is 55.5 Å². The van der Waals surface area contributed by atoms with Crippen LogP contribution in [0.3, 0.4) is 0 Å². The van der Waals surface area contributed by atoms with Crippen molar-refractivity contribution in [3.8, 4) is 17.0 Å². The lowest BCUT2D eigenvalue weighted by Gasteiger charge is -2.19. The average Bonchev–Trinajstić information content (AvgIpc) is 2.70. The van der Waals surface area contributed by atoms with Crippen LogP contribution in [0.2, 0.25) is 0 Å². The number of aromatic nitrogens is 2. The summed E-state index contributed by atoms with van der Waals surface area (Å²) in [7, 11) is 3.31. The topological polar surface area (TPSA) is 64.4 Å². The van der Waals surface area contributed by atoms with Crippen molar-refractivity contribution in [3.05, 3.63) is 82.1 Å². The number of hydrogen-bond donors (Lipinski definition) is 0. The van der Waals surface area contributed by atoms with E-state index in [1.165, 1.54) is 10.7 Å². The van der Waals surface area contributed by atoms with Gasteiger partial charge in [-0.1, -0.05) is 48.0 Å². The van der Waals surface area contributed by atoms with E-state index < -0.39 is 0 Å². The lowest BCUT2D eigenvalue weighted by molar-refractivity contribution is -0.131. The fourth-order valence-electron chi connectivity index (χ4n) is 2.95. The number of amides is 1. The zero-order chi connectivity index (χ0) is 20.1. The zero-order valence-corrected chi connectivity index (χ0v) is 16.3. The summed E-state index contributed by atoms with van der Waals surface area (Å²) >= 11 is 0. The predicted molar refractivity (Wildman–Crippen MR) is 108 cm³/mol. The van der Waals surface area contributed by atoms with Crippen molar-refractivity contribution in [2.75, 3.05) is 14.2 Å². The molecule has 0 bridgehead atoms. The summed E-state index contributed by atoms with van der Waals surface area (Å²) in [4.78, 5) is 26.4. The van der Waals surface area contributed by atoms with Crippen molar-refractivity contribution in [1.29, 1.82) is 0 Å². The highest BCUT2D eigenvalue weighted by molar-refractivity contribution is 5.75. The minimum atomic E-state index is -0.311. The van der Waals surface area contributed by atoms with Gasteiger partial charge in [0.05, 0.1) is 12.8 Å². The molecule has 0 aliphatic heterocycles. The van der Waals surface area contributed by atoms with Crippen LogP contribution in [0.25, 0.3) is 11.3 Å². The minimum absolute atomic E-state index is 0.121. The molecule has 3 aromatic rings. The maximum Gasteiger partial charge on any atom is 0.267 e. The van der Waals surface area contributed by atoms with E-state index >= 15 is 0 Å². The van der Waals surface area contributed by atoms with Crippen LogP contribution in [0.5, 0.6) is 5.75 Å². The standard InChI is InChI=1S/C22H23N3O3/c1-16-9-11-20(28-3)18(13-16)14-24(2)22(27)15-25-21(26)12-10-19(23-25)17-7-5-4-6-8-17/h4-13H,14-15H2,1-3H3. The van der Waals surface area contributed by atoms with Crippen LogP contribution in [0, 0.1) is 6.92 Å². The van der Waals surface area contributed by atoms with Crippen molar-refractivity contribution in [3.63, 3.8) is 0 Å². The highest BCUT2D eigenvalue weighted by Gasteiger charge is 2.15. The van der Waals surface area contributed by atoms with Gasteiger partial charge in [0, 0.05) is 30.8 Å².